The second-order valence-corrected chi connectivity index (χ2v) is 7.48. The number of carbonyl (C=O) groups is 1. The largest absolute Gasteiger partial charge is 0.328 e. The van der Waals surface area contributed by atoms with Crippen molar-refractivity contribution in [2.45, 2.75) is 31.7 Å². The number of hydrogen-bond acceptors (Lipinski definition) is 3. The molecule has 1 fully saturated rings. The summed E-state index contributed by atoms with van der Waals surface area (Å²) in [6.07, 6.45) is 12.4. The lowest BCUT2D eigenvalue weighted by molar-refractivity contribution is -0.133. The van der Waals surface area contributed by atoms with Crippen LogP contribution in [0.15, 0.2) is 12.2 Å². The van der Waals surface area contributed by atoms with E-state index in [0.717, 1.165) is 12.8 Å². The molecule has 0 saturated carbocycles. The summed E-state index contributed by atoms with van der Waals surface area (Å²) in [6, 6.07) is -0.237. The van der Waals surface area contributed by atoms with Crippen molar-refractivity contribution < 1.29 is 13.2 Å². The molecular weight excluding hydrogens is 262 g/mol. The van der Waals surface area contributed by atoms with Crippen molar-refractivity contribution in [3.8, 4) is 12.3 Å². The minimum Gasteiger partial charge on any atom is -0.328 e. The van der Waals surface area contributed by atoms with Gasteiger partial charge < -0.3 is 4.90 Å². The lowest BCUT2D eigenvalue weighted by Gasteiger charge is -2.27. The highest BCUT2D eigenvalue weighted by atomic mass is 32.2. The van der Waals surface area contributed by atoms with Crippen molar-refractivity contribution in [3.05, 3.63) is 12.2 Å². The summed E-state index contributed by atoms with van der Waals surface area (Å²) < 4.78 is 23.0. The summed E-state index contributed by atoms with van der Waals surface area (Å²) in [7, 11) is -3.00. The molecule has 0 N–H and O–H groups in total. The van der Waals surface area contributed by atoms with Crippen LogP contribution >= 0.6 is 0 Å². The fourth-order valence-electron chi connectivity index (χ4n) is 2.75. The molecule has 5 heteroatoms. The van der Waals surface area contributed by atoms with Gasteiger partial charge in [0, 0.05) is 12.5 Å². The lowest BCUT2D eigenvalue weighted by atomic mass is 10.0. The van der Waals surface area contributed by atoms with Gasteiger partial charge in [-0.05, 0) is 25.2 Å². The van der Waals surface area contributed by atoms with Gasteiger partial charge in [0.1, 0.15) is 0 Å². The molecular formula is C14H19NO3S. The van der Waals surface area contributed by atoms with E-state index in [-0.39, 0.29) is 35.9 Å². The zero-order valence-corrected chi connectivity index (χ0v) is 11.7. The Morgan fingerprint density at radius 2 is 2.21 bits per heavy atom. The van der Waals surface area contributed by atoms with E-state index in [9.17, 15) is 13.2 Å². The quantitative estimate of drug-likeness (QED) is 0.570. The van der Waals surface area contributed by atoms with Gasteiger partial charge in [0.25, 0.3) is 0 Å². The minimum atomic E-state index is -3.00. The van der Waals surface area contributed by atoms with E-state index in [2.05, 4.69) is 18.1 Å². The monoisotopic (exact) mass is 281 g/mol. The number of hydrogen-bond donors (Lipinski definition) is 0. The number of carbonyl (C=O) groups excluding carboxylic acids is 1. The average molecular weight is 281 g/mol. The maximum Gasteiger partial charge on any atom is 0.224 e. The molecule has 2 rings (SSSR count). The zero-order valence-electron chi connectivity index (χ0n) is 10.9. The third-order valence-corrected chi connectivity index (χ3v) is 5.53. The summed E-state index contributed by atoms with van der Waals surface area (Å²) in [4.78, 5) is 13.9. The Balaban J connectivity index is 2.01. The van der Waals surface area contributed by atoms with E-state index < -0.39 is 9.84 Å². The second kappa shape index (κ2) is 5.79. The molecule has 4 nitrogen and oxygen atoms in total. The van der Waals surface area contributed by atoms with Crippen molar-refractivity contribution in [3.63, 3.8) is 0 Å². The second-order valence-electron chi connectivity index (χ2n) is 5.25. The van der Waals surface area contributed by atoms with Crippen molar-refractivity contribution >= 4 is 15.7 Å². The summed E-state index contributed by atoms with van der Waals surface area (Å²) in [5.74, 6) is 2.95. The molecule has 0 aromatic rings. The van der Waals surface area contributed by atoms with Gasteiger partial charge in [-0.2, -0.15) is 0 Å². The van der Waals surface area contributed by atoms with Gasteiger partial charge in [-0.3, -0.25) is 4.79 Å². The van der Waals surface area contributed by atoms with Crippen molar-refractivity contribution in [1.82, 2.24) is 4.90 Å². The molecule has 0 aromatic carbocycles. The van der Waals surface area contributed by atoms with E-state index in [1.807, 2.05) is 0 Å². The molecule has 0 aromatic heterocycles. The van der Waals surface area contributed by atoms with Crippen LogP contribution in [0.4, 0.5) is 0 Å². The molecule has 0 unspecified atom stereocenters. The summed E-state index contributed by atoms with van der Waals surface area (Å²) >= 11 is 0. The maximum atomic E-state index is 12.3. The first-order valence-electron chi connectivity index (χ1n) is 6.62. The lowest BCUT2D eigenvalue weighted by Crippen LogP contribution is -2.41. The molecule has 1 heterocycles. The van der Waals surface area contributed by atoms with E-state index in [1.165, 1.54) is 0 Å². The number of nitrogens with zero attached hydrogens (tertiary/aromatic N) is 1. The number of rotatable bonds is 4. The smallest absolute Gasteiger partial charge is 0.224 e. The summed E-state index contributed by atoms with van der Waals surface area (Å²) in [6.45, 7) is 0.204. The first-order chi connectivity index (χ1) is 9.02. The third-order valence-electron chi connectivity index (χ3n) is 3.78. The average Bonchev–Trinajstić information content (AvgIpc) is 2.95. The zero-order chi connectivity index (χ0) is 13.9. The van der Waals surface area contributed by atoms with Crippen LogP contribution in [0, 0.1) is 18.3 Å². The van der Waals surface area contributed by atoms with Gasteiger partial charge in [0.2, 0.25) is 5.91 Å². The summed E-state index contributed by atoms with van der Waals surface area (Å²) in [5.41, 5.74) is 0. The molecule has 1 saturated heterocycles. The van der Waals surface area contributed by atoms with E-state index in [1.54, 1.807) is 4.90 Å². The van der Waals surface area contributed by atoms with Crippen LogP contribution in [-0.4, -0.2) is 43.3 Å². The van der Waals surface area contributed by atoms with Gasteiger partial charge >= 0.3 is 0 Å². The fourth-order valence-corrected chi connectivity index (χ4v) is 4.48. The van der Waals surface area contributed by atoms with Gasteiger partial charge in [-0.15, -0.1) is 6.42 Å². The number of allylic oxidation sites excluding steroid dienone is 2. The Bertz CT molecular complexity index is 515. The molecule has 19 heavy (non-hydrogen) atoms. The highest BCUT2D eigenvalue weighted by Crippen LogP contribution is 2.24. The first-order valence-corrected chi connectivity index (χ1v) is 8.44. The Kier molecular flexibility index (Phi) is 4.31. The molecule has 1 aliphatic carbocycles. The normalized spacial score (nSPS) is 28.2. The van der Waals surface area contributed by atoms with Gasteiger partial charge in [-0.25, -0.2) is 8.42 Å². The molecule has 1 aliphatic heterocycles. The standard InChI is InChI=1S/C14H19NO3S/c1-2-8-15(13-7-9-19(17,18)11-13)14(16)10-12-5-3-4-6-12/h1,3,5,12-13H,4,6-11H2/t12-,13-/m1/s1. The van der Waals surface area contributed by atoms with Gasteiger partial charge in [0.15, 0.2) is 9.84 Å². The molecule has 0 bridgehead atoms. The molecule has 0 spiro atoms. The van der Waals surface area contributed by atoms with Crippen molar-refractivity contribution in [1.29, 1.82) is 0 Å². The Hall–Kier alpha value is -1.28. The van der Waals surface area contributed by atoms with Crippen LogP contribution in [0.2, 0.25) is 0 Å². The number of terminal acetylenes is 1. The van der Waals surface area contributed by atoms with Crippen molar-refractivity contribution in [2.24, 2.45) is 5.92 Å². The number of amides is 1. The maximum absolute atomic E-state index is 12.3. The van der Waals surface area contributed by atoms with Crippen LogP contribution in [0.5, 0.6) is 0 Å². The van der Waals surface area contributed by atoms with Gasteiger partial charge in [-0.1, -0.05) is 18.1 Å². The van der Waals surface area contributed by atoms with E-state index in [4.69, 9.17) is 6.42 Å². The van der Waals surface area contributed by atoms with Crippen LogP contribution in [0.25, 0.3) is 0 Å². The molecule has 2 atom stereocenters. The molecule has 2 aliphatic rings. The predicted octanol–water partition coefficient (Wildman–Crippen LogP) is 0.992. The van der Waals surface area contributed by atoms with Crippen LogP contribution in [-0.2, 0) is 14.6 Å². The summed E-state index contributed by atoms with van der Waals surface area (Å²) in [5, 5.41) is 0. The Labute approximate surface area is 114 Å². The SMILES string of the molecule is C#CCN(C(=O)C[C@@H]1C=CCC1)[C@@H]1CCS(=O)(=O)C1. The van der Waals surface area contributed by atoms with E-state index >= 15 is 0 Å². The van der Waals surface area contributed by atoms with Crippen LogP contribution < -0.4 is 0 Å². The predicted molar refractivity (Wildman–Crippen MR) is 74.1 cm³/mol. The van der Waals surface area contributed by atoms with Crippen molar-refractivity contribution in [2.75, 3.05) is 18.1 Å². The number of sulfone groups is 1. The third kappa shape index (κ3) is 3.60. The topological polar surface area (TPSA) is 54.5 Å². The first kappa shape index (κ1) is 14.1. The highest BCUT2D eigenvalue weighted by Gasteiger charge is 2.34. The van der Waals surface area contributed by atoms with Gasteiger partial charge in [0.05, 0.1) is 18.1 Å². The Morgan fingerprint density at radius 1 is 1.42 bits per heavy atom. The Morgan fingerprint density at radius 3 is 2.74 bits per heavy atom. The molecule has 0 radical (unpaired) electrons. The molecule has 1 amide bonds. The minimum absolute atomic E-state index is 0.0170. The molecule has 104 valence electrons. The fraction of sp³-hybridized carbons (Fsp3) is 0.643. The van der Waals surface area contributed by atoms with E-state index in [0.29, 0.717) is 12.8 Å². The highest BCUT2D eigenvalue weighted by molar-refractivity contribution is 7.91. The van der Waals surface area contributed by atoms with Crippen LogP contribution in [0.1, 0.15) is 25.7 Å². The van der Waals surface area contributed by atoms with Crippen LogP contribution in [0.3, 0.4) is 0 Å².